The van der Waals surface area contributed by atoms with E-state index in [1.54, 1.807) is 0 Å². The molecule has 2 aromatic rings. The zero-order chi connectivity index (χ0) is 13.0. The summed E-state index contributed by atoms with van der Waals surface area (Å²) < 4.78 is 5.68. The van der Waals surface area contributed by atoms with Crippen LogP contribution < -0.4 is 10.5 Å². The first-order valence-electron chi connectivity index (χ1n) is 6.10. The number of anilines is 1. The van der Waals surface area contributed by atoms with E-state index in [4.69, 9.17) is 10.5 Å². The molecule has 0 aliphatic carbocycles. The average molecular weight is 243 g/mol. The monoisotopic (exact) mass is 243 g/mol. The lowest BCUT2D eigenvalue weighted by atomic mass is 10.1. The van der Waals surface area contributed by atoms with E-state index in [1.165, 1.54) is 11.9 Å². The van der Waals surface area contributed by atoms with Gasteiger partial charge in [-0.1, -0.05) is 19.9 Å². The highest BCUT2D eigenvalue weighted by atomic mass is 16.5. The third-order valence-corrected chi connectivity index (χ3v) is 2.76. The van der Waals surface area contributed by atoms with E-state index in [9.17, 15) is 0 Å². The van der Waals surface area contributed by atoms with Gasteiger partial charge >= 0.3 is 0 Å². The quantitative estimate of drug-likeness (QED) is 0.838. The Kier molecular flexibility index (Phi) is 3.77. The molecule has 94 valence electrons. The Labute approximate surface area is 107 Å². The second-order valence-corrected chi connectivity index (χ2v) is 4.03. The maximum Gasteiger partial charge on any atom is 0.222 e. The fourth-order valence-corrected chi connectivity index (χ4v) is 1.65. The van der Waals surface area contributed by atoms with Crippen LogP contribution in [0.15, 0.2) is 30.6 Å². The number of hydrogen-bond acceptors (Lipinski definition) is 4. The third kappa shape index (κ3) is 2.77. The zero-order valence-corrected chi connectivity index (χ0v) is 10.7. The number of aromatic nitrogens is 2. The molecular formula is C14H17N3O. The minimum Gasteiger partial charge on any atom is -0.437 e. The fraction of sp³-hybridized carbons (Fsp3) is 0.286. The summed E-state index contributed by atoms with van der Waals surface area (Å²) in [5.41, 5.74) is 8.72. The predicted octanol–water partition coefficient (Wildman–Crippen LogP) is 2.98. The van der Waals surface area contributed by atoms with E-state index in [0.717, 1.165) is 18.5 Å². The Morgan fingerprint density at radius 1 is 1.11 bits per heavy atom. The molecule has 0 unspecified atom stereocenters. The second-order valence-electron chi connectivity index (χ2n) is 4.03. The van der Waals surface area contributed by atoms with Gasteiger partial charge < -0.3 is 10.5 Å². The summed E-state index contributed by atoms with van der Waals surface area (Å²) in [5.74, 6) is 1.16. The SMILES string of the molecule is CCc1ccc(Oc2cc(CC)ncn2)c(N)c1. The molecule has 0 saturated heterocycles. The Bertz CT molecular complexity index is 540. The van der Waals surface area contributed by atoms with Crippen molar-refractivity contribution >= 4 is 5.69 Å². The van der Waals surface area contributed by atoms with Crippen molar-refractivity contribution in [2.45, 2.75) is 26.7 Å². The Morgan fingerprint density at radius 2 is 1.94 bits per heavy atom. The molecule has 2 rings (SSSR count). The first-order chi connectivity index (χ1) is 8.72. The van der Waals surface area contributed by atoms with Crippen molar-refractivity contribution < 1.29 is 4.74 Å². The van der Waals surface area contributed by atoms with Crippen LogP contribution in [-0.4, -0.2) is 9.97 Å². The first kappa shape index (κ1) is 12.4. The van der Waals surface area contributed by atoms with Gasteiger partial charge in [0, 0.05) is 11.8 Å². The lowest BCUT2D eigenvalue weighted by Crippen LogP contribution is -1.96. The van der Waals surface area contributed by atoms with Crippen LogP contribution in [-0.2, 0) is 12.8 Å². The summed E-state index contributed by atoms with van der Waals surface area (Å²) in [7, 11) is 0. The van der Waals surface area contributed by atoms with Crippen molar-refractivity contribution in [3.8, 4) is 11.6 Å². The molecule has 0 saturated carbocycles. The molecule has 2 N–H and O–H groups in total. The van der Waals surface area contributed by atoms with E-state index in [0.29, 0.717) is 17.3 Å². The van der Waals surface area contributed by atoms with Crippen molar-refractivity contribution in [1.29, 1.82) is 0 Å². The molecule has 4 heteroatoms. The standard InChI is InChI=1S/C14H17N3O/c1-3-10-5-6-13(12(15)7-10)18-14-8-11(4-2)16-9-17-14/h5-9H,3-4,15H2,1-2H3. The molecule has 0 atom stereocenters. The summed E-state index contributed by atoms with van der Waals surface area (Å²) in [4.78, 5) is 8.20. The number of aryl methyl sites for hydroxylation is 2. The van der Waals surface area contributed by atoms with Gasteiger partial charge in [0.2, 0.25) is 5.88 Å². The van der Waals surface area contributed by atoms with Gasteiger partial charge in [-0.25, -0.2) is 9.97 Å². The topological polar surface area (TPSA) is 61.0 Å². The molecule has 0 radical (unpaired) electrons. The Morgan fingerprint density at radius 3 is 2.61 bits per heavy atom. The Balaban J connectivity index is 2.22. The minimum atomic E-state index is 0.526. The van der Waals surface area contributed by atoms with E-state index < -0.39 is 0 Å². The molecule has 1 heterocycles. The van der Waals surface area contributed by atoms with Gasteiger partial charge in [-0.05, 0) is 30.5 Å². The van der Waals surface area contributed by atoms with Gasteiger partial charge in [0.15, 0.2) is 5.75 Å². The van der Waals surface area contributed by atoms with Gasteiger partial charge in [0.05, 0.1) is 5.69 Å². The van der Waals surface area contributed by atoms with Crippen LogP contribution in [0.25, 0.3) is 0 Å². The highest BCUT2D eigenvalue weighted by Crippen LogP contribution is 2.27. The molecule has 0 bridgehead atoms. The molecule has 0 amide bonds. The number of hydrogen-bond donors (Lipinski definition) is 1. The van der Waals surface area contributed by atoms with Gasteiger partial charge in [-0.15, -0.1) is 0 Å². The van der Waals surface area contributed by atoms with Crippen LogP contribution >= 0.6 is 0 Å². The van der Waals surface area contributed by atoms with Crippen LogP contribution in [0.5, 0.6) is 11.6 Å². The van der Waals surface area contributed by atoms with E-state index in [1.807, 2.05) is 31.2 Å². The van der Waals surface area contributed by atoms with Gasteiger partial charge in [0.1, 0.15) is 6.33 Å². The molecule has 1 aromatic heterocycles. The largest absolute Gasteiger partial charge is 0.437 e. The number of benzene rings is 1. The zero-order valence-electron chi connectivity index (χ0n) is 10.7. The maximum absolute atomic E-state index is 5.95. The van der Waals surface area contributed by atoms with Gasteiger partial charge in [-0.2, -0.15) is 0 Å². The summed E-state index contributed by atoms with van der Waals surface area (Å²) >= 11 is 0. The first-order valence-corrected chi connectivity index (χ1v) is 6.10. The predicted molar refractivity (Wildman–Crippen MR) is 71.7 cm³/mol. The highest BCUT2D eigenvalue weighted by molar-refractivity contribution is 5.55. The molecule has 18 heavy (non-hydrogen) atoms. The second kappa shape index (κ2) is 5.49. The normalized spacial score (nSPS) is 10.3. The molecular weight excluding hydrogens is 226 g/mol. The number of nitrogens with zero attached hydrogens (tertiary/aromatic N) is 2. The van der Waals surface area contributed by atoms with Crippen LogP contribution in [0.1, 0.15) is 25.1 Å². The minimum absolute atomic E-state index is 0.526. The lowest BCUT2D eigenvalue weighted by Gasteiger charge is -2.09. The molecule has 0 aliphatic rings. The number of ether oxygens (including phenoxy) is 1. The molecule has 0 fully saturated rings. The highest BCUT2D eigenvalue weighted by Gasteiger charge is 2.05. The number of nitrogens with two attached hydrogens (primary N) is 1. The van der Waals surface area contributed by atoms with Gasteiger partial charge in [-0.3, -0.25) is 0 Å². The van der Waals surface area contributed by atoms with Crippen molar-refractivity contribution in [2.75, 3.05) is 5.73 Å². The van der Waals surface area contributed by atoms with Crippen LogP contribution in [0.4, 0.5) is 5.69 Å². The third-order valence-electron chi connectivity index (χ3n) is 2.76. The summed E-state index contributed by atoms with van der Waals surface area (Å²) in [5, 5.41) is 0. The smallest absolute Gasteiger partial charge is 0.222 e. The van der Waals surface area contributed by atoms with Crippen molar-refractivity contribution in [3.63, 3.8) is 0 Å². The van der Waals surface area contributed by atoms with E-state index >= 15 is 0 Å². The van der Waals surface area contributed by atoms with Crippen LogP contribution in [0.2, 0.25) is 0 Å². The van der Waals surface area contributed by atoms with Gasteiger partial charge in [0.25, 0.3) is 0 Å². The lowest BCUT2D eigenvalue weighted by molar-refractivity contribution is 0.462. The number of nitrogen functional groups attached to an aromatic ring is 1. The average Bonchev–Trinajstić information content (AvgIpc) is 2.41. The fourth-order valence-electron chi connectivity index (χ4n) is 1.65. The van der Waals surface area contributed by atoms with E-state index in [2.05, 4.69) is 16.9 Å². The molecule has 4 nitrogen and oxygen atoms in total. The summed E-state index contributed by atoms with van der Waals surface area (Å²) in [6.45, 7) is 4.13. The van der Waals surface area contributed by atoms with Crippen molar-refractivity contribution in [2.24, 2.45) is 0 Å². The maximum atomic E-state index is 5.95. The number of rotatable bonds is 4. The molecule has 0 aliphatic heterocycles. The summed E-state index contributed by atoms with van der Waals surface area (Å²) in [6.07, 6.45) is 3.31. The van der Waals surface area contributed by atoms with Crippen molar-refractivity contribution in [1.82, 2.24) is 9.97 Å². The van der Waals surface area contributed by atoms with Crippen LogP contribution in [0.3, 0.4) is 0 Å². The molecule has 0 spiro atoms. The Hall–Kier alpha value is -2.10. The van der Waals surface area contributed by atoms with Crippen LogP contribution in [0, 0.1) is 0 Å². The molecule has 1 aromatic carbocycles. The summed E-state index contributed by atoms with van der Waals surface area (Å²) in [6, 6.07) is 7.64. The van der Waals surface area contributed by atoms with E-state index in [-0.39, 0.29) is 0 Å². The van der Waals surface area contributed by atoms with Crippen molar-refractivity contribution in [3.05, 3.63) is 41.9 Å².